The van der Waals surface area contributed by atoms with Crippen LogP contribution in [0.5, 0.6) is 0 Å². The van der Waals surface area contributed by atoms with Crippen LogP contribution in [0.3, 0.4) is 0 Å². The zero-order valence-electron chi connectivity index (χ0n) is 15.7. The maximum atomic E-state index is 13.3. The van der Waals surface area contributed by atoms with Crippen LogP contribution in [0.4, 0.5) is 5.82 Å². The fourth-order valence-corrected chi connectivity index (χ4v) is 4.55. The van der Waals surface area contributed by atoms with E-state index in [1.54, 1.807) is 20.4 Å². The van der Waals surface area contributed by atoms with Gasteiger partial charge in [0, 0.05) is 33.5 Å². The van der Waals surface area contributed by atoms with E-state index in [9.17, 15) is 4.79 Å². The van der Waals surface area contributed by atoms with E-state index in [0.717, 1.165) is 44.8 Å². The number of rotatable bonds is 6. The monoisotopic (exact) mass is 359 g/mol. The maximum absolute atomic E-state index is 13.3. The van der Waals surface area contributed by atoms with Gasteiger partial charge in [-0.1, -0.05) is 0 Å². The number of likely N-dealkylation sites (tertiary alicyclic amines) is 1. The van der Waals surface area contributed by atoms with Crippen LogP contribution in [0, 0.1) is 5.92 Å². The molecule has 2 heterocycles. The molecule has 1 aromatic rings. The van der Waals surface area contributed by atoms with E-state index < -0.39 is 0 Å². The minimum Gasteiger partial charge on any atom is -0.378 e. The van der Waals surface area contributed by atoms with Gasteiger partial charge in [-0.25, -0.2) is 4.98 Å². The van der Waals surface area contributed by atoms with Crippen molar-refractivity contribution < 1.29 is 14.3 Å². The first-order valence-corrected chi connectivity index (χ1v) is 9.77. The molecule has 1 aliphatic heterocycles. The van der Waals surface area contributed by atoms with E-state index in [1.807, 2.05) is 17.0 Å². The molecule has 0 aromatic carbocycles. The Hall–Kier alpha value is -1.66. The number of carbonyl (C=O) groups excluding carboxylic acids is 1. The highest BCUT2D eigenvalue weighted by molar-refractivity contribution is 5.99. The van der Waals surface area contributed by atoms with Crippen LogP contribution in [0.2, 0.25) is 0 Å². The number of fused-ring (bicyclic) bond motifs is 1. The third kappa shape index (κ3) is 3.21. The number of ether oxygens (including phenoxy) is 2. The van der Waals surface area contributed by atoms with Gasteiger partial charge in [0.2, 0.25) is 0 Å². The predicted octanol–water partition coefficient (Wildman–Crippen LogP) is 2.70. The topological polar surface area (TPSA) is 63.7 Å². The number of nitrogens with zero attached hydrogens (tertiary/aromatic N) is 2. The van der Waals surface area contributed by atoms with Crippen molar-refractivity contribution in [2.45, 2.75) is 56.3 Å². The fraction of sp³-hybridized carbons (Fsp3) is 0.700. The Labute approximate surface area is 155 Å². The molecule has 4 rings (SSSR count). The first-order valence-electron chi connectivity index (χ1n) is 9.77. The van der Waals surface area contributed by atoms with Crippen LogP contribution < -0.4 is 5.32 Å². The number of pyridine rings is 1. The van der Waals surface area contributed by atoms with Gasteiger partial charge in [0.1, 0.15) is 5.82 Å². The van der Waals surface area contributed by atoms with E-state index in [0.29, 0.717) is 11.4 Å². The molecule has 142 valence electrons. The van der Waals surface area contributed by atoms with Gasteiger partial charge < -0.3 is 19.7 Å². The summed E-state index contributed by atoms with van der Waals surface area (Å²) < 4.78 is 12.1. The molecule has 3 atom stereocenters. The summed E-state index contributed by atoms with van der Waals surface area (Å²) in [4.78, 5) is 19.6. The molecule has 6 heteroatoms. The van der Waals surface area contributed by atoms with Gasteiger partial charge in [0.15, 0.2) is 0 Å². The summed E-state index contributed by atoms with van der Waals surface area (Å²) in [5.41, 5.74) is 0.403. The molecule has 1 amide bonds. The Morgan fingerprint density at radius 2 is 2.23 bits per heavy atom. The molecule has 3 fully saturated rings. The highest BCUT2D eigenvalue weighted by Crippen LogP contribution is 2.44. The minimum atomic E-state index is -0.225. The van der Waals surface area contributed by atoms with Crippen LogP contribution in [-0.2, 0) is 9.47 Å². The highest BCUT2D eigenvalue weighted by atomic mass is 16.5. The Morgan fingerprint density at radius 1 is 1.38 bits per heavy atom. The SMILES string of the molecule is CNc1ncccc1C(=O)N1CC[C@]2(OC)CC[C@H](OCC3CC3)C[C@H]12. The van der Waals surface area contributed by atoms with Crippen molar-refractivity contribution in [2.24, 2.45) is 5.92 Å². The van der Waals surface area contributed by atoms with E-state index in [-0.39, 0.29) is 23.7 Å². The van der Waals surface area contributed by atoms with Gasteiger partial charge in [-0.05, 0) is 56.6 Å². The standard InChI is InChI=1S/C20H29N3O3/c1-21-18-16(4-3-10-22-18)19(24)23-11-9-20(25-2)8-7-15(12-17(20)23)26-13-14-5-6-14/h3-4,10,14-15,17H,5-9,11-13H2,1-2H3,(H,21,22)/t15-,17-,20+/m0/s1. The van der Waals surface area contributed by atoms with E-state index in [1.165, 1.54) is 12.8 Å². The zero-order chi connectivity index (χ0) is 18.1. The summed E-state index contributed by atoms with van der Waals surface area (Å²) in [5.74, 6) is 1.43. The normalized spacial score (nSPS) is 30.9. The number of anilines is 1. The number of methoxy groups -OCH3 is 1. The lowest BCUT2D eigenvalue weighted by Crippen LogP contribution is -2.53. The molecule has 6 nitrogen and oxygen atoms in total. The second-order valence-corrected chi connectivity index (χ2v) is 7.86. The summed E-state index contributed by atoms with van der Waals surface area (Å²) in [6, 6.07) is 3.73. The quantitative estimate of drug-likeness (QED) is 0.846. The molecular formula is C20H29N3O3. The van der Waals surface area contributed by atoms with Crippen LogP contribution in [-0.4, -0.2) is 60.8 Å². The molecule has 0 spiro atoms. The Kier molecular flexibility index (Phi) is 4.88. The Balaban J connectivity index is 1.53. The Bertz CT molecular complexity index is 663. The second kappa shape index (κ2) is 7.16. The van der Waals surface area contributed by atoms with Crippen molar-refractivity contribution in [3.63, 3.8) is 0 Å². The number of carbonyl (C=O) groups is 1. The van der Waals surface area contributed by atoms with Gasteiger partial charge in [0.05, 0.1) is 23.3 Å². The number of hydrogen-bond acceptors (Lipinski definition) is 5. The van der Waals surface area contributed by atoms with Gasteiger partial charge in [-0.3, -0.25) is 4.79 Å². The number of aromatic nitrogens is 1. The highest BCUT2D eigenvalue weighted by Gasteiger charge is 2.53. The van der Waals surface area contributed by atoms with Crippen LogP contribution in [0.25, 0.3) is 0 Å². The number of amides is 1. The van der Waals surface area contributed by atoms with E-state index in [2.05, 4.69) is 10.3 Å². The van der Waals surface area contributed by atoms with E-state index in [4.69, 9.17) is 9.47 Å². The third-order valence-corrected chi connectivity index (χ3v) is 6.34. The molecule has 2 saturated carbocycles. The van der Waals surface area contributed by atoms with Gasteiger partial charge >= 0.3 is 0 Å². The maximum Gasteiger partial charge on any atom is 0.257 e. The first kappa shape index (κ1) is 17.7. The molecule has 0 bridgehead atoms. The predicted molar refractivity (Wildman–Crippen MR) is 99.3 cm³/mol. The molecule has 26 heavy (non-hydrogen) atoms. The number of hydrogen-bond donors (Lipinski definition) is 1. The van der Waals surface area contributed by atoms with E-state index >= 15 is 0 Å². The lowest BCUT2D eigenvalue weighted by atomic mass is 9.79. The van der Waals surface area contributed by atoms with Crippen molar-refractivity contribution >= 4 is 11.7 Å². The molecule has 1 aromatic heterocycles. The lowest BCUT2D eigenvalue weighted by Gasteiger charge is -2.43. The summed E-state index contributed by atoms with van der Waals surface area (Å²) in [7, 11) is 3.58. The molecular weight excluding hydrogens is 330 g/mol. The Morgan fingerprint density at radius 3 is 2.96 bits per heavy atom. The van der Waals surface area contributed by atoms with Crippen LogP contribution >= 0.6 is 0 Å². The van der Waals surface area contributed by atoms with Crippen molar-refractivity contribution in [1.82, 2.24) is 9.88 Å². The van der Waals surface area contributed by atoms with Crippen LogP contribution in [0.1, 0.15) is 48.9 Å². The van der Waals surface area contributed by atoms with Gasteiger partial charge in [0.25, 0.3) is 5.91 Å². The molecule has 0 radical (unpaired) electrons. The zero-order valence-corrected chi connectivity index (χ0v) is 15.7. The summed E-state index contributed by atoms with van der Waals surface area (Å²) in [6.45, 7) is 1.60. The lowest BCUT2D eigenvalue weighted by molar-refractivity contribution is -0.0977. The van der Waals surface area contributed by atoms with Crippen LogP contribution in [0.15, 0.2) is 18.3 Å². The summed E-state index contributed by atoms with van der Waals surface area (Å²) in [5, 5.41) is 3.03. The fourth-order valence-electron chi connectivity index (χ4n) is 4.55. The average Bonchev–Trinajstić information content (AvgIpc) is 3.44. The van der Waals surface area contributed by atoms with Crippen molar-refractivity contribution in [2.75, 3.05) is 32.6 Å². The van der Waals surface area contributed by atoms with Crippen molar-refractivity contribution in [3.8, 4) is 0 Å². The summed E-state index contributed by atoms with van der Waals surface area (Å²) >= 11 is 0. The molecule has 2 aliphatic carbocycles. The second-order valence-electron chi connectivity index (χ2n) is 7.86. The molecule has 0 unspecified atom stereocenters. The first-order chi connectivity index (χ1) is 12.7. The number of nitrogens with one attached hydrogen (secondary N) is 1. The third-order valence-electron chi connectivity index (χ3n) is 6.34. The largest absolute Gasteiger partial charge is 0.378 e. The average molecular weight is 359 g/mol. The van der Waals surface area contributed by atoms with Gasteiger partial charge in [-0.15, -0.1) is 0 Å². The smallest absolute Gasteiger partial charge is 0.257 e. The summed E-state index contributed by atoms with van der Waals surface area (Å²) in [6.07, 6.45) is 8.27. The molecule has 3 aliphatic rings. The van der Waals surface area contributed by atoms with Gasteiger partial charge in [-0.2, -0.15) is 0 Å². The minimum absolute atomic E-state index is 0.0363. The van der Waals surface area contributed by atoms with Crippen molar-refractivity contribution in [1.29, 1.82) is 0 Å². The van der Waals surface area contributed by atoms with Crippen molar-refractivity contribution in [3.05, 3.63) is 23.9 Å². The molecule has 1 N–H and O–H groups in total. The molecule has 1 saturated heterocycles.